The normalized spacial score (nSPS) is 11.7. The molecule has 1 aromatic carbocycles. The molecule has 0 aliphatic carbocycles. The number of alkyl halides is 4. The van der Waals surface area contributed by atoms with Gasteiger partial charge in [0.15, 0.2) is 24.0 Å². The second kappa shape index (κ2) is 5.32. The SMILES string of the molecule is CC(=O)c1cccc(F)c1OCC(F)(F)C(F)F. The fourth-order valence-corrected chi connectivity index (χ4v) is 1.16. The Morgan fingerprint density at radius 2 is 2.00 bits per heavy atom. The minimum Gasteiger partial charge on any atom is -0.483 e. The Kier molecular flexibility index (Phi) is 4.26. The summed E-state index contributed by atoms with van der Waals surface area (Å²) in [7, 11) is 0. The predicted molar refractivity (Wildman–Crippen MR) is 52.9 cm³/mol. The van der Waals surface area contributed by atoms with E-state index in [1.165, 1.54) is 6.07 Å². The number of carbonyl (C=O) groups is 1. The van der Waals surface area contributed by atoms with E-state index < -0.39 is 36.3 Å². The first-order chi connectivity index (χ1) is 8.25. The fraction of sp³-hybridized carbons (Fsp3) is 0.364. The Labute approximate surface area is 99.4 Å². The van der Waals surface area contributed by atoms with E-state index in [1.807, 2.05) is 0 Å². The topological polar surface area (TPSA) is 26.3 Å². The Morgan fingerprint density at radius 1 is 1.39 bits per heavy atom. The second-order valence-electron chi connectivity index (χ2n) is 3.52. The molecule has 0 bridgehead atoms. The Hall–Kier alpha value is -1.66. The first kappa shape index (κ1) is 14.4. The zero-order valence-corrected chi connectivity index (χ0v) is 9.22. The van der Waals surface area contributed by atoms with E-state index in [9.17, 15) is 26.7 Å². The average molecular weight is 268 g/mol. The van der Waals surface area contributed by atoms with Gasteiger partial charge >= 0.3 is 12.3 Å². The predicted octanol–water partition coefficient (Wildman–Crippen LogP) is 3.31. The molecule has 0 heterocycles. The highest BCUT2D eigenvalue weighted by Crippen LogP contribution is 2.28. The van der Waals surface area contributed by atoms with Crippen LogP contribution >= 0.6 is 0 Å². The van der Waals surface area contributed by atoms with Gasteiger partial charge in [-0.1, -0.05) is 6.07 Å². The second-order valence-corrected chi connectivity index (χ2v) is 3.52. The van der Waals surface area contributed by atoms with Crippen LogP contribution in [0.2, 0.25) is 0 Å². The van der Waals surface area contributed by atoms with Crippen molar-refractivity contribution in [1.82, 2.24) is 0 Å². The van der Waals surface area contributed by atoms with Gasteiger partial charge in [0.05, 0.1) is 5.56 Å². The standard InChI is InChI=1S/C11H9F5O2/c1-6(17)7-3-2-4-8(12)9(7)18-5-11(15,16)10(13)14/h2-4,10H,5H2,1H3. The molecule has 100 valence electrons. The van der Waals surface area contributed by atoms with Gasteiger partial charge in [0.2, 0.25) is 0 Å². The van der Waals surface area contributed by atoms with E-state index in [-0.39, 0.29) is 5.56 Å². The highest BCUT2D eigenvalue weighted by molar-refractivity contribution is 5.96. The maximum atomic E-state index is 13.3. The third-order valence-corrected chi connectivity index (χ3v) is 2.07. The summed E-state index contributed by atoms with van der Waals surface area (Å²) in [6, 6.07) is 3.22. The van der Waals surface area contributed by atoms with Gasteiger partial charge in [0.1, 0.15) is 0 Å². The van der Waals surface area contributed by atoms with Crippen LogP contribution in [0.4, 0.5) is 22.0 Å². The summed E-state index contributed by atoms with van der Waals surface area (Å²) in [5.74, 6) is -6.83. The first-order valence-corrected chi connectivity index (χ1v) is 4.84. The molecule has 18 heavy (non-hydrogen) atoms. The molecule has 7 heteroatoms. The molecule has 0 N–H and O–H groups in total. The summed E-state index contributed by atoms with van der Waals surface area (Å²) < 4.78 is 66.6. The molecule has 0 spiro atoms. The van der Waals surface area contributed by atoms with Crippen molar-refractivity contribution in [2.75, 3.05) is 6.61 Å². The molecule has 1 aromatic rings. The number of benzene rings is 1. The molecule has 1 rings (SSSR count). The van der Waals surface area contributed by atoms with E-state index in [0.29, 0.717) is 0 Å². The molecule has 0 aliphatic heterocycles. The lowest BCUT2D eigenvalue weighted by atomic mass is 10.1. The van der Waals surface area contributed by atoms with Crippen molar-refractivity contribution in [2.24, 2.45) is 0 Å². The number of hydrogen-bond acceptors (Lipinski definition) is 2. The molecular weight excluding hydrogens is 259 g/mol. The summed E-state index contributed by atoms with van der Waals surface area (Å²) >= 11 is 0. The van der Waals surface area contributed by atoms with Crippen molar-refractivity contribution < 1.29 is 31.5 Å². The van der Waals surface area contributed by atoms with Gasteiger partial charge in [-0.25, -0.2) is 13.2 Å². The maximum absolute atomic E-state index is 13.3. The minimum absolute atomic E-state index is 0.278. The summed E-state index contributed by atoms with van der Waals surface area (Å²) in [6.45, 7) is -0.626. The molecule has 0 saturated heterocycles. The van der Waals surface area contributed by atoms with Crippen LogP contribution in [0.5, 0.6) is 5.75 Å². The number of para-hydroxylation sites is 1. The number of carbonyl (C=O) groups excluding carboxylic acids is 1. The molecule has 0 amide bonds. The van der Waals surface area contributed by atoms with Crippen LogP contribution in [-0.2, 0) is 0 Å². The Balaban J connectivity index is 2.95. The molecule has 2 nitrogen and oxygen atoms in total. The minimum atomic E-state index is -4.41. The van der Waals surface area contributed by atoms with E-state index in [2.05, 4.69) is 4.74 Å². The number of halogens is 5. The van der Waals surface area contributed by atoms with Crippen LogP contribution in [0.1, 0.15) is 17.3 Å². The monoisotopic (exact) mass is 268 g/mol. The molecule has 0 aliphatic rings. The van der Waals surface area contributed by atoms with E-state index in [1.54, 1.807) is 0 Å². The third-order valence-electron chi connectivity index (χ3n) is 2.07. The largest absolute Gasteiger partial charge is 0.483 e. The average Bonchev–Trinajstić information content (AvgIpc) is 2.26. The van der Waals surface area contributed by atoms with E-state index in [0.717, 1.165) is 19.1 Å². The van der Waals surface area contributed by atoms with E-state index in [4.69, 9.17) is 0 Å². The van der Waals surface area contributed by atoms with Gasteiger partial charge in [-0.15, -0.1) is 0 Å². The summed E-state index contributed by atoms with van der Waals surface area (Å²) in [6.07, 6.45) is -3.93. The molecular formula is C11H9F5O2. The van der Waals surface area contributed by atoms with E-state index >= 15 is 0 Å². The number of ether oxygens (including phenoxy) is 1. The summed E-state index contributed by atoms with van der Waals surface area (Å²) in [5.41, 5.74) is -0.278. The van der Waals surface area contributed by atoms with Gasteiger partial charge in [-0.05, 0) is 19.1 Å². The van der Waals surface area contributed by atoms with Crippen LogP contribution < -0.4 is 4.74 Å². The number of rotatable bonds is 5. The lowest BCUT2D eigenvalue weighted by Gasteiger charge is -2.17. The van der Waals surface area contributed by atoms with Crippen molar-refractivity contribution in [2.45, 2.75) is 19.3 Å². The highest BCUT2D eigenvalue weighted by Gasteiger charge is 2.42. The van der Waals surface area contributed by atoms with Gasteiger partial charge in [0.25, 0.3) is 0 Å². The van der Waals surface area contributed by atoms with Crippen molar-refractivity contribution >= 4 is 5.78 Å². The molecule has 0 saturated carbocycles. The lowest BCUT2D eigenvalue weighted by molar-refractivity contribution is -0.148. The van der Waals surface area contributed by atoms with Crippen LogP contribution in [0.3, 0.4) is 0 Å². The van der Waals surface area contributed by atoms with Crippen molar-refractivity contribution in [3.63, 3.8) is 0 Å². The number of hydrogen-bond donors (Lipinski definition) is 0. The third kappa shape index (κ3) is 3.18. The zero-order chi connectivity index (χ0) is 13.9. The quantitative estimate of drug-likeness (QED) is 0.605. The van der Waals surface area contributed by atoms with Crippen molar-refractivity contribution in [3.8, 4) is 5.75 Å². The maximum Gasteiger partial charge on any atom is 0.340 e. The number of Topliss-reactive ketones (excluding diaryl/α,β-unsaturated/α-hetero) is 1. The van der Waals surface area contributed by atoms with Crippen LogP contribution in [0.25, 0.3) is 0 Å². The van der Waals surface area contributed by atoms with Gasteiger partial charge in [-0.2, -0.15) is 8.78 Å². The number of ketones is 1. The lowest BCUT2D eigenvalue weighted by Crippen LogP contribution is -2.34. The van der Waals surface area contributed by atoms with Gasteiger partial charge in [0, 0.05) is 0 Å². The Bertz CT molecular complexity index is 445. The van der Waals surface area contributed by atoms with Crippen LogP contribution in [0.15, 0.2) is 18.2 Å². The molecule has 0 fully saturated rings. The fourth-order valence-electron chi connectivity index (χ4n) is 1.16. The van der Waals surface area contributed by atoms with Crippen LogP contribution in [-0.4, -0.2) is 24.7 Å². The molecule has 0 atom stereocenters. The van der Waals surface area contributed by atoms with Gasteiger partial charge in [-0.3, -0.25) is 4.79 Å². The summed E-state index contributed by atoms with van der Waals surface area (Å²) in [4.78, 5) is 11.1. The highest BCUT2D eigenvalue weighted by atomic mass is 19.3. The van der Waals surface area contributed by atoms with Crippen molar-refractivity contribution in [1.29, 1.82) is 0 Å². The zero-order valence-electron chi connectivity index (χ0n) is 9.22. The molecule has 0 aromatic heterocycles. The molecule has 0 unspecified atom stereocenters. The Morgan fingerprint density at radius 3 is 2.50 bits per heavy atom. The van der Waals surface area contributed by atoms with Crippen LogP contribution in [0, 0.1) is 5.82 Å². The van der Waals surface area contributed by atoms with Crippen molar-refractivity contribution in [3.05, 3.63) is 29.6 Å². The van der Waals surface area contributed by atoms with Gasteiger partial charge < -0.3 is 4.74 Å². The smallest absolute Gasteiger partial charge is 0.340 e. The summed E-state index contributed by atoms with van der Waals surface area (Å²) in [5, 5.41) is 0. The molecule has 0 radical (unpaired) electrons. The first-order valence-electron chi connectivity index (χ1n) is 4.84.